The van der Waals surface area contributed by atoms with Crippen LogP contribution in [-0.2, 0) is 13.0 Å². The highest BCUT2D eigenvalue weighted by atomic mass is 35.5. The van der Waals surface area contributed by atoms with E-state index in [1.54, 1.807) is 19.1 Å². The topological polar surface area (TPSA) is 101 Å². The van der Waals surface area contributed by atoms with Gasteiger partial charge in [0.25, 0.3) is 11.1 Å². The second-order valence-corrected chi connectivity index (χ2v) is 6.96. The van der Waals surface area contributed by atoms with Crippen molar-refractivity contribution < 1.29 is 17.9 Å². The minimum absolute atomic E-state index is 0.0567. The van der Waals surface area contributed by atoms with Crippen molar-refractivity contribution in [1.82, 2.24) is 14.5 Å². The average molecular weight is 451 g/mol. The predicted molar refractivity (Wildman–Crippen MR) is 105 cm³/mol. The number of hydrogen-bond acceptors (Lipinski definition) is 5. The van der Waals surface area contributed by atoms with Crippen molar-refractivity contribution in [1.29, 1.82) is 5.26 Å². The molecule has 0 bridgehead atoms. The van der Waals surface area contributed by atoms with E-state index in [0.717, 1.165) is 23.0 Å². The minimum Gasteiger partial charge on any atom is -0.446 e. The molecule has 7 nitrogen and oxygen atoms in total. The number of pyridine rings is 1. The maximum Gasteiger partial charge on any atom is 0.296 e. The molecule has 3 rings (SSSR count). The largest absolute Gasteiger partial charge is 0.446 e. The summed E-state index contributed by atoms with van der Waals surface area (Å²) in [4.78, 5) is 31.4. The van der Waals surface area contributed by atoms with Crippen LogP contribution in [0.25, 0.3) is 0 Å². The number of rotatable bonds is 6. The molecule has 0 atom stereocenters. The van der Waals surface area contributed by atoms with Crippen LogP contribution in [0.2, 0.25) is 5.02 Å². The Morgan fingerprint density at radius 3 is 2.71 bits per heavy atom. The monoisotopic (exact) mass is 450 g/mol. The van der Waals surface area contributed by atoms with Gasteiger partial charge in [-0.05, 0) is 25.1 Å². The molecule has 31 heavy (non-hydrogen) atoms. The lowest BCUT2D eigenvalue weighted by Gasteiger charge is -2.14. The number of nitriles is 1. The van der Waals surface area contributed by atoms with Crippen molar-refractivity contribution >= 4 is 11.6 Å². The Bertz CT molecular complexity index is 1300. The SMILES string of the molecule is Cc1ccc(Cn2cnc(CC(F)F)c(Oc3cc(Cl)cc(C#N)c3F)c2=O)c(=O)[nH]1. The fourth-order valence-corrected chi connectivity index (χ4v) is 2.96. The summed E-state index contributed by atoms with van der Waals surface area (Å²) in [6, 6.07) is 6.77. The van der Waals surface area contributed by atoms with E-state index in [2.05, 4.69) is 9.97 Å². The second-order valence-electron chi connectivity index (χ2n) is 6.52. The number of benzene rings is 1. The van der Waals surface area contributed by atoms with Crippen LogP contribution in [0.15, 0.2) is 40.2 Å². The maximum atomic E-state index is 14.5. The number of nitrogens with zero attached hydrogens (tertiary/aromatic N) is 3. The first-order chi connectivity index (χ1) is 14.7. The van der Waals surface area contributed by atoms with E-state index >= 15 is 0 Å². The van der Waals surface area contributed by atoms with Crippen molar-refractivity contribution in [2.45, 2.75) is 26.3 Å². The van der Waals surface area contributed by atoms with Gasteiger partial charge in [-0.2, -0.15) is 5.26 Å². The summed E-state index contributed by atoms with van der Waals surface area (Å²) in [5.41, 5.74) is -1.39. The Morgan fingerprint density at radius 2 is 2.06 bits per heavy atom. The Morgan fingerprint density at radius 1 is 1.32 bits per heavy atom. The van der Waals surface area contributed by atoms with Gasteiger partial charge in [-0.3, -0.25) is 14.2 Å². The Balaban J connectivity index is 2.10. The number of aryl methyl sites for hydroxylation is 1. The third-order valence-corrected chi connectivity index (χ3v) is 4.45. The van der Waals surface area contributed by atoms with E-state index in [9.17, 15) is 22.8 Å². The van der Waals surface area contributed by atoms with Crippen molar-refractivity contribution in [3.63, 3.8) is 0 Å². The van der Waals surface area contributed by atoms with Crippen LogP contribution in [0.3, 0.4) is 0 Å². The summed E-state index contributed by atoms with van der Waals surface area (Å²) in [5.74, 6) is -2.36. The van der Waals surface area contributed by atoms with Crippen LogP contribution in [0.5, 0.6) is 11.5 Å². The summed E-state index contributed by atoms with van der Waals surface area (Å²) >= 11 is 5.84. The molecule has 0 unspecified atom stereocenters. The van der Waals surface area contributed by atoms with Gasteiger partial charge in [-0.1, -0.05) is 11.6 Å². The van der Waals surface area contributed by atoms with Gasteiger partial charge < -0.3 is 9.72 Å². The number of aromatic nitrogens is 3. The number of alkyl halides is 2. The lowest BCUT2D eigenvalue weighted by atomic mass is 10.2. The zero-order valence-electron chi connectivity index (χ0n) is 16.0. The van der Waals surface area contributed by atoms with Gasteiger partial charge in [-0.15, -0.1) is 0 Å². The number of hydrogen-bond donors (Lipinski definition) is 1. The summed E-state index contributed by atoms with van der Waals surface area (Å²) in [5, 5.41) is 8.94. The lowest BCUT2D eigenvalue weighted by Crippen LogP contribution is -2.27. The summed E-state index contributed by atoms with van der Waals surface area (Å²) in [6.45, 7) is 1.45. The number of halogens is 4. The van der Waals surface area contributed by atoms with Crippen LogP contribution >= 0.6 is 11.6 Å². The molecule has 1 N–H and O–H groups in total. The molecular formula is C20H14ClF3N4O3. The highest BCUT2D eigenvalue weighted by Crippen LogP contribution is 2.30. The molecule has 0 saturated carbocycles. The third kappa shape index (κ3) is 4.95. The molecule has 0 aliphatic rings. The Kier molecular flexibility index (Phi) is 6.46. The number of nitrogens with one attached hydrogen (secondary N) is 1. The highest BCUT2D eigenvalue weighted by molar-refractivity contribution is 6.30. The second kappa shape index (κ2) is 9.06. The third-order valence-electron chi connectivity index (χ3n) is 4.23. The fourth-order valence-electron chi connectivity index (χ4n) is 2.75. The zero-order chi connectivity index (χ0) is 22.7. The van der Waals surface area contributed by atoms with Crippen LogP contribution in [0.1, 0.15) is 22.5 Å². The number of ether oxygens (including phenoxy) is 1. The molecule has 0 radical (unpaired) electrons. The van der Waals surface area contributed by atoms with Gasteiger partial charge in [0, 0.05) is 22.3 Å². The molecule has 0 aliphatic carbocycles. The summed E-state index contributed by atoms with van der Waals surface area (Å²) < 4.78 is 46.7. The minimum atomic E-state index is -2.86. The van der Waals surface area contributed by atoms with Crippen molar-refractivity contribution in [2.75, 3.05) is 0 Å². The predicted octanol–water partition coefficient (Wildman–Crippen LogP) is 3.55. The van der Waals surface area contributed by atoms with Crippen LogP contribution in [0, 0.1) is 24.1 Å². The van der Waals surface area contributed by atoms with E-state index in [1.807, 2.05) is 0 Å². The number of aromatic amines is 1. The van der Waals surface area contributed by atoms with E-state index < -0.39 is 52.5 Å². The molecule has 3 aromatic rings. The molecule has 2 aromatic heterocycles. The molecule has 0 amide bonds. The molecule has 0 aliphatic heterocycles. The standard InChI is InChI=1S/C20H14ClF3N4O3/c1-10-2-3-11(19(29)27-10)8-28-9-26-14(6-16(22)23)18(20(28)30)31-15-5-13(21)4-12(7-25)17(15)24/h2-5,9,16H,6,8H2,1H3,(H,27,29). The van der Waals surface area contributed by atoms with E-state index in [1.165, 1.54) is 6.07 Å². The van der Waals surface area contributed by atoms with Gasteiger partial charge in [0.05, 0.1) is 30.6 Å². The molecule has 0 spiro atoms. The molecule has 1 aromatic carbocycles. The first-order valence-electron chi connectivity index (χ1n) is 8.82. The fraction of sp³-hybridized carbons (Fsp3) is 0.200. The lowest BCUT2D eigenvalue weighted by molar-refractivity contribution is 0.146. The Hall–Kier alpha value is -3.58. The van der Waals surface area contributed by atoms with Crippen LogP contribution in [-0.4, -0.2) is 21.0 Å². The quantitative estimate of drug-likeness (QED) is 0.619. The first-order valence-corrected chi connectivity index (χ1v) is 9.19. The highest BCUT2D eigenvalue weighted by Gasteiger charge is 2.21. The normalized spacial score (nSPS) is 10.9. The van der Waals surface area contributed by atoms with E-state index in [0.29, 0.717) is 5.69 Å². The molecule has 2 heterocycles. The van der Waals surface area contributed by atoms with Gasteiger partial charge >= 0.3 is 0 Å². The Labute approximate surface area is 178 Å². The maximum absolute atomic E-state index is 14.5. The summed E-state index contributed by atoms with van der Waals surface area (Å²) in [6.07, 6.45) is -2.78. The molecule has 11 heteroatoms. The van der Waals surface area contributed by atoms with Crippen molar-refractivity contribution in [2.24, 2.45) is 0 Å². The zero-order valence-corrected chi connectivity index (χ0v) is 16.7. The molecule has 160 valence electrons. The smallest absolute Gasteiger partial charge is 0.296 e. The average Bonchev–Trinajstić information content (AvgIpc) is 2.70. The van der Waals surface area contributed by atoms with Crippen LogP contribution in [0.4, 0.5) is 13.2 Å². The molecule has 0 fully saturated rings. The van der Waals surface area contributed by atoms with Gasteiger partial charge in [0.15, 0.2) is 11.6 Å². The van der Waals surface area contributed by atoms with Crippen LogP contribution < -0.4 is 15.9 Å². The molecule has 0 saturated heterocycles. The first kappa shape index (κ1) is 22.1. The van der Waals surface area contributed by atoms with Gasteiger partial charge in [-0.25, -0.2) is 18.2 Å². The van der Waals surface area contributed by atoms with Gasteiger partial charge in [0.2, 0.25) is 12.2 Å². The number of H-pyrrole nitrogens is 1. The van der Waals surface area contributed by atoms with Crippen molar-refractivity contribution in [3.05, 3.63) is 84.7 Å². The summed E-state index contributed by atoms with van der Waals surface area (Å²) in [7, 11) is 0. The molecular weight excluding hydrogens is 437 g/mol. The van der Waals surface area contributed by atoms with Gasteiger partial charge in [0.1, 0.15) is 6.07 Å². The van der Waals surface area contributed by atoms with E-state index in [4.69, 9.17) is 21.6 Å². The van der Waals surface area contributed by atoms with E-state index in [-0.39, 0.29) is 17.1 Å². The van der Waals surface area contributed by atoms with Crippen molar-refractivity contribution in [3.8, 4) is 17.6 Å².